The predicted octanol–water partition coefficient (Wildman–Crippen LogP) is 3.53. The number of para-hydroxylation sites is 1. The molecule has 156 valence electrons. The molecule has 1 fully saturated rings. The number of carbonyl (C=O) groups is 1. The minimum atomic E-state index is 0.0611. The molecule has 0 spiro atoms. The summed E-state index contributed by atoms with van der Waals surface area (Å²) in [5.74, 6) is 0.950. The van der Waals surface area contributed by atoms with Crippen molar-refractivity contribution >= 4 is 22.7 Å². The average Bonchev–Trinajstić information content (AvgIpc) is 3.24. The third-order valence-electron chi connectivity index (χ3n) is 5.68. The van der Waals surface area contributed by atoms with Crippen LogP contribution in [0.25, 0.3) is 33.7 Å². The molecule has 2 aromatic heterocycles. The molecular formula is C24H23N5O2. The van der Waals surface area contributed by atoms with E-state index in [-0.39, 0.29) is 5.91 Å². The van der Waals surface area contributed by atoms with E-state index in [1.807, 2.05) is 59.5 Å². The Balaban J connectivity index is 1.41. The molecule has 0 saturated carbocycles. The molecule has 31 heavy (non-hydrogen) atoms. The highest BCUT2D eigenvalue weighted by Gasteiger charge is 2.20. The van der Waals surface area contributed by atoms with Crippen LogP contribution in [0.15, 0.2) is 65.2 Å². The topological polar surface area (TPSA) is 88.5 Å². The number of amides is 1. The molecule has 4 aromatic rings. The van der Waals surface area contributed by atoms with Crippen molar-refractivity contribution in [2.45, 2.75) is 0 Å². The molecule has 1 saturated heterocycles. The van der Waals surface area contributed by atoms with Gasteiger partial charge in [-0.1, -0.05) is 30.3 Å². The van der Waals surface area contributed by atoms with Crippen molar-refractivity contribution in [3.05, 3.63) is 66.4 Å². The molecule has 0 atom stereocenters. The van der Waals surface area contributed by atoms with Crippen molar-refractivity contribution in [1.82, 2.24) is 19.8 Å². The van der Waals surface area contributed by atoms with E-state index in [1.54, 1.807) is 6.20 Å². The zero-order valence-electron chi connectivity index (χ0n) is 17.3. The van der Waals surface area contributed by atoms with Crippen LogP contribution in [0, 0.1) is 0 Å². The molecule has 2 aromatic carbocycles. The number of rotatable bonds is 3. The number of hydrogen-bond donors (Lipinski definition) is 1. The Bertz CT molecular complexity index is 1210. The monoisotopic (exact) mass is 413 g/mol. The summed E-state index contributed by atoms with van der Waals surface area (Å²) in [5, 5.41) is 0.982. The van der Waals surface area contributed by atoms with Gasteiger partial charge in [0.1, 0.15) is 11.3 Å². The Morgan fingerprint density at radius 1 is 1.03 bits per heavy atom. The Labute approximate surface area is 180 Å². The number of nitrogen functional groups attached to an aromatic ring is 1. The van der Waals surface area contributed by atoms with Crippen LogP contribution in [0.5, 0.6) is 0 Å². The van der Waals surface area contributed by atoms with Crippen LogP contribution in [0.4, 0.5) is 5.82 Å². The van der Waals surface area contributed by atoms with E-state index in [9.17, 15) is 4.79 Å². The van der Waals surface area contributed by atoms with E-state index in [0.717, 1.165) is 42.7 Å². The quantitative estimate of drug-likeness (QED) is 0.553. The number of anilines is 1. The number of nitrogens with zero attached hydrogens (tertiary/aromatic N) is 4. The molecule has 0 aliphatic carbocycles. The molecular weight excluding hydrogens is 390 g/mol. The molecule has 7 nitrogen and oxygen atoms in total. The number of aromatic nitrogens is 2. The Kier molecular flexibility index (Phi) is 4.88. The predicted molar refractivity (Wildman–Crippen MR) is 120 cm³/mol. The van der Waals surface area contributed by atoms with E-state index in [1.165, 1.54) is 0 Å². The van der Waals surface area contributed by atoms with Gasteiger partial charge in [0.25, 0.3) is 5.91 Å². The van der Waals surface area contributed by atoms with Gasteiger partial charge in [-0.15, -0.1) is 0 Å². The van der Waals surface area contributed by atoms with Crippen molar-refractivity contribution in [3.63, 3.8) is 0 Å². The van der Waals surface area contributed by atoms with Crippen molar-refractivity contribution in [1.29, 1.82) is 0 Å². The Hall–Kier alpha value is -3.71. The highest BCUT2D eigenvalue weighted by molar-refractivity contribution is 5.94. The molecule has 2 N–H and O–H groups in total. The molecule has 1 aliphatic heterocycles. The van der Waals surface area contributed by atoms with E-state index in [0.29, 0.717) is 28.5 Å². The van der Waals surface area contributed by atoms with Crippen LogP contribution in [0.2, 0.25) is 0 Å². The smallest absolute Gasteiger partial charge is 0.253 e. The fraction of sp³-hybridized carbons (Fsp3) is 0.208. The lowest BCUT2D eigenvalue weighted by Gasteiger charge is -2.32. The van der Waals surface area contributed by atoms with E-state index in [4.69, 9.17) is 15.1 Å². The standard InChI is InChI=1S/C24H23N5O2/c1-28-10-12-29(13-11-28)24(30)17-8-6-16(7-9-17)19-15-26-23(25)22(27-19)21-14-18-4-2-3-5-20(18)31-21/h2-9,14-15H,10-13H2,1H3,(H2,25,26). The SMILES string of the molecule is CN1CCN(C(=O)c2ccc(-c3cnc(N)c(-c4cc5ccccc5o4)n3)cc2)CC1. The van der Waals surface area contributed by atoms with Gasteiger partial charge in [-0.3, -0.25) is 4.79 Å². The van der Waals surface area contributed by atoms with Crippen LogP contribution in [-0.2, 0) is 0 Å². The van der Waals surface area contributed by atoms with Gasteiger partial charge >= 0.3 is 0 Å². The minimum absolute atomic E-state index is 0.0611. The molecule has 0 bridgehead atoms. The van der Waals surface area contributed by atoms with Gasteiger partial charge < -0.3 is 20.0 Å². The fourth-order valence-electron chi connectivity index (χ4n) is 3.79. The highest BCUT2D eigenvalue weighted by Crippen LogP contribution is 2.31. The first-order chi connectivity index (χ1) is 15.1. The first kappa shape index (κ1) is 19.3. The summed E-state index contributed by atoms with van der Waals surface area (Å²) >= 11 is 0. The lowest BCUT2D eigenvalue weighted by Crippen LogP contribution is -2.47. The molecule has 3 heterocycles. The van der Waals surface area contributed by atoms with Gasteiger partial charge in [0.15, 0.2) is 11.6 Å². The third kappa shape index (κ3) is 3.75. The number of benzene rings is 2. The van der Waals surface area contributed by atoms with E-state index < -0.39 is 0 Å². The molecule has 7 heteroatoms. The van der Waals surface area contributed by atoms with Crippen LogP contribution < -0.4 is 5.73 Å². The molecule has 5 rings (SSSR count). The van der Waals surface area contributed by atoms with Crippen LogP contribution >= 0.6 is 0 Å². The minimum Gasteiger partial charge on any atom is -0.454 e. The number of likely N-dealkylation sites (N-methyl/N-ethyl adjacent to an activating group) is 1. The molecule has 1 amide bonds. The first-order valence-corrected chi connectivity index (χ1v) is 10.3. The van der Waals surface area contributed by atoms with Gasteiger partial charge in [0.05, 0.1) is 11.9 Å². The van der Waals surface area contributed by atoms with Gasteiger partial charge in [-0.05, 0) is 31.3 Å². The second-order valence-corrected chi connectivity index (χ2v) is 7.81. The molecule has 0 unspecified atom stereocenters. The van der Waals surface area contributed by atoms with Crippen LogP contribution in [-0.4, -0.2) is 58.9 Å². The van der Waals surface area contributed by atoms with Crippen LogP contribution in [0.1, 0.15) is 10.4 Å². The molecule has 0 radical (unpaired) electrons. The summed E-state index contributed by atoms with van der Waals surface area (Å²) in [5.41, 5.74) is 9.58. The van der Waals surface area contributed by atoms with Crippen molar-refractivity contribution in [2.24, 2.45) is 0 Å². The zero-order chi connectivity index (χ0) is 21.4. The highest BCUT2D eigenvalue weighted by atomic mass is 16.3. The lowest BCUT2D eigenvalue weighted by atomic mass is 10.1. The average molecular weight is 413 g/mol. The summed E-state index contributed by atoms with van der Waals surface area (Å²) in [6.07, 6.45) is 1.64. The van der Waals surface area contributed by atoms with E-state index >= 15 is 0 Å². The van der Waals surface area contributed by atoms with E-state index in [2.05, 4.69) is 16.9 Å². The Morgan fingerprint density at radius 2 is 1.77 bits per heavy atom. The van der Waals surface area contributed by atoms with Crippen molar-refractivity contribution in [2.75, 3.05) is 39.0 Å². The normalized spacial score (nSPS) is 14.8. The van der Waals surface area contributed by atoms with Crippen molar-refractivity contribution < 1.29 is 9.21 Å². The summed E-state index contributed by atoms with van der Waals surface area (Å²) in [6.45, 7) is 3.30. The Morgan fingerprint density at radius 3 is 2.52 bits per heavy atom. The summed E-state index contributed by atoms with van der Waals surface area (Å²) in [6, 6.07) is 17.2. The number of fused-ring (bicyclic) bond motifs is 1. The summed E-state index contributed by atoms with van der Waals surface area (Å²) in [7, 11) is 2.07. The second kappa shape index (κ2) is 7.85. The number of nitrogens with two attached hydrogens (primary N) is 1. The van der Waals surface area contributed by atoms with Gasteiger partial charge in [-0.25, -0.2) is 9.97 Å². The maximum absolute atomic E-state index is 12.8. The van der Waals surface area contributed by atoms with Crippen molar-refractivity contribution in [3.8, 4) is 22.7 Å². The molecule has 1 aliphatic rings. The number of furan rings is 1. The number of piperazine rings is 1. The largest absolute Gasteiger partial charge is 0.454 e. The lowest BCUT2D eigenvalue weighted by molar-refractivity contribution is 0.0664. The van der Waals surface area contributed by atoms with Gasteiger partial charge in [0, 0.05) is 42.7 Å². The second-order valence-electron chi connectivity index (χ2n) is 7.81. The zero-order valence-corrected chi connectivity index (χ0v) is 17.3. The number of hydrogen-bond acceptors (Lipinski definition) is 6. The first-order valence-electron chi connectivity index (χ1n) is 10.3. The fourth-order valence-corrected chi connectivity index (χ4v) is 3.79. The summed E-state index contributed by atoms with van der Waals surface area (Å²) in [4.78, 5) is 25.9. The van der Waals surface area contributed by atoms with Gasteiger partial charge in [0.2, 0.25) is 0 Å². The summed E-state index contributed by atoms with van der Waals surface area (Å²) < 4.78 is 5.91. The van der Waals surface area contributed by atoms with Gasteiger partial charge in [-0.2, -0.15) is 0 Å². The maximum atomic E-state index is 12.8. The number of carbonyl (C=O) groups excluding carboxylic acids is 1. The maximum Gasteiger partial charge on any atom is 0.253 e. The van der Waals surface area contributed by atoms with Crippen LogP contribution in [0.3, 0.4) is 0 Å². The third-order valence-corrected chi connectivity index (χ3v) is 5.68.